The molecule has 5 heteroatoms. The Labute approximate surface area is 138 Å². The number of nitrogens with one attached hydrogen (secondary N) is 2. The fraction of sp³-hybridized carbons (Fsp3) is 0.611. The second-order valence-corrected chi connectivity index (χ2v) is 6.38. The average Bonchev–Trinajstić information content (AvgIpc) is 2.64. The molecule has 126 valence electrons. The van der Waals surface area contributed by atoms with Gasteiger partial charge in [0.1, 0.15) is 6.10 Å². The smallest absolute Gasteiger partial charge is 0.250 e. The van der Waals surface area contributed by atoms with E-state index in [1.54, 1.807) is 0 Å². The predicted molar refractivity (Wildman–Crippen MR) is 90.5 cm³/mol. The quantitative estimate of drug-likeness (QED) is 0.850. The van der Waals surface area contributed by atoms with Gasteiger partial charge in [0.2, 0.25) is 0 Å². The van der Waals surface area contributed by atoms with Gasteiger partial charge in [-0.2, -0.15) is 0 Å². The van der Waals surface area contributed by atoms with E-state index in [0.717, 1.165) is 26.2 Å². The van der Waals surface area contributed by atoms with Crippen molar-refractivity contribution in [2.24, 2.45) is 0 Å². The number of morpholine rings is 1. The summed E-state index contributed by atoms with van der Waals surface area (Å²) in [4.78, 5) is 14.4. The van der Waals surface area contributed by atoms with E-state index in [9.17, 15) is 4.79 Å². The van der Waals surface area contributed by atoms with Crippen LogP contribution < -0.4 is 10.6 Å². The highest BCUT2D eigenvalue weighted by Gasteiger charge is 2.22. The molecule has 0 saturated carbocycles. The summed E-state index contributed by atoms with van der Waals surface area (Å²) in [5.41, 5.74) is 1.46. The van der Waals surface area contributed by atoms with Crippen molar-refractivity contribution < 1.29 is 9.53 Å². The van der Waals surface area contributed by atoms with E-state index in [-0.39, 0.29) is 12.0 Å². The largest absolute Gasteiger partial charge is 0.366 e. The maximum atomic E-state index is 12.0. The normalized spacial score (nSPS) is 23.6. The molecule has 1 aromatic rings. The first-order chi connectivity index (χ1) is 11.3. The van der Waals surface area contributed by atoms with Crippen LogP contribution in [0, 0.1) is 0 Å². The zero-order valence-electron chi connectivity index (χ0n) is 13.7. The van der Waals surface area contributed by atoms with Crippen molar-refractivity contribution in [1.82, 2.24) is 15.5 Å². The Bertz CT molecular complexity index is 480. The van der Waals surface area contributed by atoms with Gasteiger partial charge in [-0.3, -0.25) is 4.79 Å². The molecular weight excluding hydrogens is 290 g/mol. The Kier molecular flexibility index (Phi) is 6.02. The molecule has 1 atom stereocenters. The summed E-state index contributed by atoms with van der Waals surface area (Å²) in [5, 5.41) is 6.18. The lowest BCUT2D eigenvalue weighted by Crippen LogP contribution is -2.49. The van der Waals surface area contributed by atoms with Gasteiger partial charge in [0.25, 0.3) is 5.91 Å². The van der Waals surface area contributed by atoms with E-state index >= 15 is 0 Å². The molecule has 2 aliphatic heterocycles. The Hall–Kier alpha value is -1.43. The van der Waals surface area contributed by atoms with E-state index < -0.39 is 0 Å². The second kappa shape index (κ2) is 8.43. The standard InChI is InChI=1S/C18H27N3O2/c22-18(17-14-19-9-13-23-17)20-8-12-21-10-6-16(7-11-21)15-4-2-1-3-5-15/h1-5,16-17,19H,6-14H2,(H,20,22). The molecule has 0 spiro atoms. The van der Waals surface area contributed by atoms with E-state index in [1.165, 1.54) is 18.4 Å². The van der Waals surface area contributed by atoms with E-state index in [4.69, 9.17) is 4.74 Å². The molecule has 1 aromatic carbocycles. The minimum atomic E-state index is -0.326. The number of hydrogen-bond donors (Lipinski definition) is 2. The van der Waals surface area contributed by atoms with Crippen LogP contribution in [0.5, 0.6) is 0 Å². The molecule has 3 rings (SSSR count). The lowest BCUT2D eigenvalue weighted by molar-refractivity contribution is -0.134. The van der Waals surface area contributed by atoms with E-state index in [0.29, 0.717) is 25.6 Å². The van der Waals surface area contributed by atoms with Gasteiger partial charge in [-0.25, -0.2) is 0 Å². The average molecular weight is 317 g/mol. The molecule has 1 amide bonds. The molecule has 0 aromatic heterocycles. The van der Waals surface area contributed by atoms with E-state index in [1.807, 2.05) is 0 Å². The molecule has 0 bridgehead atoms. The topological polar surface area (TPSA) is 53.6 Å². The van der Waals surface area contributed by atoms with Crippen molar-refractivity contribution in [3.63, 3.8) is 0 Å². The van der Waals surface area contributed by atoms with Crippen LogP contribution in [0.2, 0.25) is 0 Å². The third-order valence-electron chi connectivity index (χ3n) is 4.81. The monoisotopic (exact) mass is 317 g/mol. The molecule has 2 fully saturated rings. The molecule has 1 unspecified atom stereocenters. The maximum Gasteiger partial charge on any atom is 0.250 e. The first-order valence-electron chi connectivity index (χ1n) is 8.70. The van der Waals surface area contributed by atoms with Crippen molar-refractivity contribution in [2.45, 2.75) is 24.9 Å². The molecule has 2 aliphatic rings. The third-order valence-corrected chi connectivity index (χ3v) is 4.81. The Morgan fingerprint density at radius 2 is 2.04 bits per heavy atom. The molecule has 23 heavy (non-hydrogen) atoms. The molecule has 2 saturated heterocycles. The van der Waals surface area contributed by atoms with Crippen LogP contribution >= 0.6 is 0 Å². The lowest BCUT2D eigenvalue weighted by atomic mass is 9.89. The number of rotatable bonds is 5. The van der Waals surface area contributed by atoms with Gasteiger partial charge in [-0.1, -0.05) is 30.3 Å². The summed E-state index contributed by atoms with van der Waals surface area (Å²) >= 11 is 0. The number of benzene rings is 1. The number of ether oxygens (including phenoxy) is 1. The third kappa shape index (κ3) is 4.77. The summed E-state index contributed by atoms with van der Waals surface area (Å²) in [6.45, 7) is 5.91. The van der Waals surface area contributed by atoms with Crippen LogP contribution in [0.15, 0.2) is 30.3 Å². The first-order valence-corrected chi connectivity index (χ1v) is 8.70. The predicted octanol–water partition coefficient (Wildman–Crippen LogP) is 0.971. The van der Waals surface area contributed by atoms with Crippen molar-refractivity contribution in [2.75, 3.05) is 45.9 Å². The molecular formula is C18H27N3O2. The van der Waals surface area contributed by atoms with Crippen molar-refractivity contribution in [1.29, 1.82) is 0 Å². The highest BCUT2D eigenvalue weighted by Crippen LogP contribution is 2.27. The van der Waals surface area contributed by atoms with Gasteiger partial charge in [-0.15, -0.1) is 0 Å². The Balaban J connectivity index is 1.34. The van der Waals surface area contributed by atoms with Crippen LogP contribution in [0.3, 0.4) is 0 Å². The maximum absolute atomic E-state index is 12.0. The number of piperidine rings is 1. The second-order valence-electron chi connectivity index (χ2n) is 6.38. The van der Waals surface area contributed by atoms with Crippen LogP contribution in [0.4, 0.5) is 0 Å². The van der Waals surface area contributed by atoms with Crippen LogP contribution in [-0.4, -0.2) is 62.8 Å². The highest BCUT2D eigenvalue weighted by molar-refractivity contribution is 5.81. The number of hydrogen-bond acceptors (Lipinski definition) is 4. The van der Waals surface area contributed by atoms with Gasteiger partial charge in [0.05, 0.1) is 6.61 Å². The molecule has 2 N–H and O–H groups in total. The SMILES string of the molecule is O=C(NCCN1CCC(c2ccccc2)CC1)C1CNCCO1. The number of amides is 1. The summed E-state index contributed by atoms with van der Waals surface area (Å²) in [5.74, 6) is 0.695. The van der Waals surface area contributed by atoms with Crippen molar-refractivity contribution >= 4 is 5.91 Å². The summed E-state index contributed by atoms with van der Waals surface area (Å²) in [6.07, 6.45) is 2.08. The Morgan fingerprint density at radius 1 is 1.26 bits per heavy atom. The summed E-state index contributed by atoms with van der Waals surface area (Å²) < 4.78 is 5.46. The van der Waals surface area contributed by atoms with E-state index in [2.05, 4.69) is 45.9 Å². The highest BCUT2D eigenvalue weighted by atomic mass is 16.5. The van der Waals surface area contributed by atoms with Crippen LogP contribution in [0.1, 0.15) is 24.3 Å². The fourth-order valence-electron chi connectivity index (χ4n) is 3.40. The number of carbonyl (C=O) groups excluding carboxylic acids is 1. The van der Waals surface area contributed by atoms with Crippen LogP contribution in [0.25, 0.3) is 0 Å². The molecule has 0 aliphatic carbocycles. The van der Waals surface area contributed by atoms with Crippen molar-refractivity contribution in [3.8, 4) is 0 Å². The Morgan fingerprint density at radius 3 is 2.74 bits per heavy atom. The van der Waals surface area contributed by atoms with Gasteiger partial charge in [0, 0.05) is 26.2 Å². The zero-order valence-corrected chi connectivity index (χ0v) is 13.7. The molecule has 5 nitrogen and oxygen atoms in total. The molecule has 0 radical (unpaired) electrons. The van der Waals surface area contributed by atoms with Crippen molar-refractivity contribution in [3.05, 3.63) is 35.9 Å². The number of likely N-dealkylation sites (tertiary alicyclic amines) is 1. The first kappa shape index (κ1) is 16.4. The van der Waals surface area contributed by atoms with Gasteiger partial charge < -0.3 is 20.3 Å². The fourth-order valence-corrected chi connectivity index (χ4v) is 3.40. The zero-order chi connectivity index (χ0) is 15.9. The minimum absolute atomic E-state index is 0.0105. The minimum Gasteiger partial charge on any atom is -0.366 e. The van der Waals surface area contributed by atoms with Crippen LogP contribution in [-0.2, 0) is 9.53 Å². The lowest BCUT2D eigenvalue weighted by Gasteiger charge is -2.32. The summed E-state index contributed by atoms with van der Waals surface area (Å²) in [6, 6.07) is 10.8. The van der Waals surface area contributed by atoms with Gasteiger partial charge in [-0.05, 0) is 37.4 Å². The van der Waals surface area contributed by atoms with Gasteiger partial charge in [0.15, 0.2) is 0 Å². The molecule has 2 heterocycles. The number of nitrogens with zero attached hydrogens (tertiary/aromatic N) is 1. The van der Waals surface area contributed by atoms with Gasteiger partial charge >= 0.3 is 0 Å². The summed E-state index contributed by atoms with van der Waals surface area (Å²) in [7, 11) is 0. The number of carbonyl (C=O) groups is 1.